The van der Waals surface area contributed by atoms with Crippen LogP contribution in [0, 0.1) is 11.3 Å². The quantitative estimate of drug-likeness (QED) is 0.727. The third-order valence-electron chi connectivity index (χ3n) is 2.46. The van der Waals surface area contributed by atoms with E-state index in [1.165, 1.54) is 5.56 Å². The molecule has 3 nitrogen and oxygen atoms in total. The van der Waals surface area contributed by atoms with E-state index in [-0.39, 0.29) is 0 Å². The lowest BCUT2D eigenvalue weighted by Crippen LogP contribution is -2.24. The molecule has 2 N–H and O–H groups in total. The predicted molar refractivity (Wildman–Crippen MR) is 70.1 cm³/mol. The van der Waals surface area contributed by atoms with E-state index >= 15 is 0 Å². The summed E-state index contributed by atoms with van der Waals surface area (Å²) in [5.41, 5.74) is 6.68. The molecule has 17 heavy (non-hydrogen) atoms. The van der Waals surface area contributed by atoms with Crippen LogP contribution in [0.25, 0.3) is 0 Å². The molecule has 0 saturated heterocycles. The lowest BCUT2D eigenvalue weighted by Gasteiger charge is -2.19. The van der Waals surface area contributed by atoms with Gasteiger partial charge in [-0.25, -0.2) is 0 Å². The number of rotatable bonds is 7. The fraction of sp³-hybridized carbons (Fsp3) is 0.357. The third kappa shape index (κ3) is 5.86. The average molecular weight is 229 g/mol. The summed E-state index contributed by atoms with van der Waals surface area (Å²) in [6, 6.07) is 12.5. The van der Waals surface area contributed by atoms with Crippen LogP contribution in [0.1, 0.15) is 12.0 Å². The summed E-state index contributed by atoms with van der Waals surface area (Å²) in [5.74, 6) is 0. The Labute approximate surface area is 103 Å². The highest BCUT2D eigenvalue weighted by molar-refractivity contribution is 5.14. The Balaban J connectivity index is 2.51. The first kappa shape index (κ1) is 13.4. The first-order valence-corrected chi connectivity index (χ1v) is 5.85. The second kappa shape index (κ2) is 8.51. The van der Waals surface area contributed by atoms with Crippen molar-refractivity contribution in [1.82, 2.24) is 4.90 Å². The molecular formula is C14H19N3. The minimum Gasteiger partial charge on any atom is -0.327 e. The maximum Gasteiger partial charge on any atom is 0.0635 e. The van der Waals surface area contributed by atoms with Gasteiger partial charge < -0.3 is 5.73 Å². The van der Waals surface area contributed by atoms with E-state index in [9.17, 15) is 0 Å². The summed E-state index contributed by atoms with van der Waals surface area (Å²) in [7, 11) is 0. The summed E-state index contributed by atoms with van der Waals surface area (Å²) in [4.78, 5) is 2.24. The number of nitrogens with zero attached hydrogens (tertiary/aromatic N) is 2. The Kier molecular flexibility index (Phi) is 6.73. The Morgan fingerprint density at radius 3 is 2.65 bits per heavy atom. The minimum absolute atomic E-state index is 0.559. The smallest absolute Gasteiger partial charge is 0.0635 e. The molecule has 0 spiro atoms. The predicted octanol–water partition coefficient (Wildman–Crippen LogP) is 1.92. The summed E-state index contributed by atoms with van der Waals surface area (Å²) in [6.45, 7) is 3.07. The van der Waals surface area contributed by atoms with E-state index in [4.69, 9.17) is 11.0 Å². The fourth-order valence-corrected chi connectivity index (χ4v) is 1.60. The van der Waals surface area contributed by atoms with Crippen LogP contribution in [0.2, 0.25) is 0 Å². The molecule has 90 valence electrons. The summed E-state index contributed by atoms with van der Waals surface area (Å²) in [6.07, 6.45) is 4.56. The highest BCUT2D eigenvalue weighted by Gasteiger charge is 2.03. The third-order valence-corrected chi connectivity index (χ3v) is 2.46. The molecular weight excluding hydrogens is 210 g/mol. The van der Waals surface area contributed by atoms with E-state index in [2.05, 4.69) is 29.2 Å². The number of benzene rings is 1. The molecule has 3 heteroatoms. The molecule has 0 radical (unpaired) electrons. The van der Waals surface area contributed by atoms with Crippen molar-refractivity contribution in [2.75, 3.05) is 19.6 Å². The van der Waals surface area contributed by atoms with Crippen LogP contribution in [-0.2, 0) is 6.54 Å². The molecule has 0 aliphatic carbocycles. The number of hydrogen-bond donors (Lipinski definition) is 1. The first-order chi connectivity index (χ1) is 8.36. The van der Waals surface area contributed by atoms with Gasteiger partial charge in [0.2, 0.25) is 0 Å². The van der Waals surface area contributed by atoms with Crippen LogP contribution < -0.4 is 5.73 Å². The molecule has 0 aliphatic heterocycles. The van der Waals surface area contributed by atoms with Gasteiger partial charge in [0.05, 0.1) is 6.07 Å². The standard InChI is InChI=1S/C14H19N3/c15-9-4-5-11-17(12-6-10-16)13-14-7-2-1-3-8-14/h1-5,7-8H,6,9,11-13,15H2/b5-4+. The molecule has 1 aromatic rings. The van der Waals surface area contributed by atoms with Gasteiger partial charge >= 0.3 is 0 Å². The Morgan fingerprint density at radius 1 is 1.24 bits per heavy atom. The van der Waals surface area contributed by atoms with E-state index in [1.807, 2.05) is 24.3 Å². The van der Waals surface area contributed by atoms with Gasteiger partial charge in [-0.15, -0.1) is 0 Å². The summed E-state index contributed by atoms with van der Waals surface area (Å²) in [5, 5.41) is 8.64. The van der Waals surface area contributed by atoms with Crippen molar-refractivity contribution in [3.63, 3.8) is 0 Å². The van der Waals surface area contributed by atoms with E-state index in [1.54, 1.807) is 0 Å². The topological polar surface area (TPSA) is 53.0 Å². The van der Waals surface area contributed by atoms with Gasteiger partial charge in [-0.2, -0.15) is 5.26 Å². The van der Waals surface area contributed by atoms with Crippen LogP contribution in [-0.4, -0.2) is 24.5 Å². The van der Waals surface area contributed by atoms with Gasteiger partial charge in [0.25, 0.3) is 0 Å². The van der Waals surface area contributed by atoms with Gasteiger partial charge in [-0.05, 0) is 5.56 Å². The zero-order valence-electron chi connectivity index (χ0n) is 10.0. The van der Waals surface area contributed by atoms with Crippen LogP contribution in [0.4, 0.5) is 0 Å². The van der Waals surface area contributed by atoms with Crippen molar-refractivity contribution < 1.29 is 0 Å². The minimum atomic E-state index is 0.559. The van der Waals surface area contributed by atoms with Crippen molar-refractivity contribution in [3.8, 4) is 6.07 Å². The van der Waals surface area contributed by atoms with Gasteiger partial charge in [0.1, 0.15) is 0 Å². The highest BCUT2D eigenvalue weighted by atomic mass is 15.1. The molecule has 0 atom stereocenters. The maximum absolute atomic E-state index is 8.64. The van der Waals surface area contributed by atoms with Crippen molar-refractivity contribution >= 4 is 0 Å². The van der Waals surface area contributed by atoms with Crippen LogP contribution in [0.3, 0.4) is 0 Å². The zero-order valence-corrected chi connectivity index (χ0v) is 10.0. The molecule has 1 rings (SSSR count). The number of hydrogen-bond acceptors (Lipinski definition) is 3. The van der Waals surface area contributed by atoms with E-state index in [0.29, 0.717) is 13.0 Å². The molecule has 0 amide bonds. The normalized spacial score (nSPS) is 10.9. The Morgan fingerprint density at radius 2 is 2.00 bits per heavy atom. The molecule has 0 heterocycles. The largest absolute Gasteiger partial charge is 0.327 e. The average Bonchev–Trinajstić information content (AvgIpc) is 2.37. The lowest BCUT2D eigenvalue weighted by molar-refractivity contribution is 0.301. The van der Waals surface area contributed by atoms with Crippen molar-refractivity contribution in [3.05, 3.63) is 48.0 Å². The summed E-state index contributed by atoms with van der Waals surface area (Å²) < 4.78 is 0. The zero-order chi connectivity index (χ0) is 12.3. The summed E-state index contributed by atoms with van der Waals surface area (Å²) >= 11 is 0. The van der Waals surface area contributed by atoms with Gasteiger partial charge in [-0.1, -0.05) is 42.5 Å². The maximum atomic E-state index is 8.64. The Bertz CT molecular complexity index is 365. The van der Waals surface area contributed by atoms with Crippen molar-refractivity contribution in [1.29, 1.82) is 5.26 Å². The highest BCUT2D eigenvalue weighted by Crippen LogP contribution is 2.04. The lowest BCUT2D eigenvalue weighted by atomic mass is 10.2. The molecule has 0 fully saturated rings. The first-order valence-electron chi connectivity index (χ1n) is 5.85. The molecule has 0 bridgehead atoms. The Hall–Kier alpha value is -1.63. The molecule has 0 unspecified atom stereocenters. The number of nitrogens with two attached hydrogens (primary N) is 1. The second-order valence-corrected chi connectivity index (χ2v) is 3.84. The van der Waals surface area contributed by atoms with Gasteiger partial charge in [0.15, 0.2) is 0 Å². The SMILES string of the molecule is N#CCCN(C/C=C/CN)Cc1ccccc1. The van der Waals surface area contributed by atoms with E-state index in [0.717, 1.165) is 19.6 Å². The van der Waals surface area contributed by atoms with Crippen molar-refractivity contribution in [2.24, 2.45) is 5.73 Å². The van der Waals surface area contributed by atoms with Crippen molar-refractivity contribution in [2.45, 2.75) is 13.0 Å². The van der Waals surface area contributed by atoms with Crippen LogP contribution in [0.5, 0.6) is 0 Å². The number of nitriles is 1. The monoisotopic (exact) mass is 229 g/mol. The second-order valence-electron chi connectivity index (χ2n) is 3.84. The molecule has 1 aromatic carbocycles. The fourth-order valence-electron chi connectivity index (χ4n) is 1.60. The van der Waals surface area contributed by atoms with Gasteiger partial charge in [-0.3, -0.25) is 4.90 Å². The van der Waals surface area contributed by atoms with E-state index < -0.39 is 0 Å². The van der Waals surface area contributed by atoms with Crippen LogP contribution in [0.15, 0.2) is 42.5 Å². The molecule has 0 saturated carbocycles. The molecule has 0 aliphatic rings. The molecule has 0 aromatic heterocycles. The van der Waals surface area contributed by atoms with Gasteiger partial charge in [0, 0.05) is 32.6 Å². The van der Waals surface area contributed by atoms with Crippen LogP contribution >= 0.6 is 0 Å².